The first-order chi connectivity index (χ1) is 19.2. The minimum atomic E-state index is -0.433. The van der Waals surface area contributed by atoms with Gasteiger partial charge in [0.1, 0.15) is 0 Å². The Morgan fingerprint density at radius 1 is 0.950 bits per heavy atom. The summed E-state index contributed by atoms with van der Waals surface area (Å²) < 4.78 is 1.78. The molecule has 0 saturated heterocycles. The zero-order chi connectivity index (χ0) is 28.6. The quantitative estimate of drug-likeness (QED) is 0.146. The van der Waals surface area contributed by atoms with E-state index in [9.17, 15) is 9.59 Å². The number of rotatable bonds is 10. The Balaban J connectivity index is 1.34. The molecular formula is C28H27Cl2N7O2S. The zero-order valence-electron chi connectivity index (χ0n) is 22.0. The maximum Gasteiger partial charge on any atom is 0.253 e. The molecule has 0 bridgehead atoms. The highest BCUT2D eigenvalue weighted by atomic mass is 35.5. The van der Waals surface area contributed by atoms with Crippen LogP contribution in [0.1, 0.15) is 36.1 Å². The molecule has 12 heteroatoms. The summed E-state index contributed by atoms with van der Waals surface area (Å²) in [6.07, 6.45) is 0. The molecule has 0 saturated carbocycles. The van der Waals surface area contributed by atoms with Crippen LogP contribution in [0.4, 0.5) is 17.1 Å². The average Bonchev–Trinajstić information content (AvgIpc) is 3.30. The van der Waals surface area contributed by atoms with E-state index < -0.39 is 6.04 Å². The number of carbonyl (C=O) groups excluding carboxylic acids is 2. The highest BCUT2D eigenvalue weighted by Gasteiger charge is 2.26. The number of hydrogen-bond acceptors (Lipinski definition) is 7. The summed E-state index contributed by atoms with van der Waals surface area (Å²) in [4.78, 5) is 25.5. The fourth-order valence-electron chi connectivity index (χ4n) is 3.69. The minimum absolute atomic E-state index is 0.00859. The fourth-order valence-corrected chi connectivity index (χ4v) is 4.91. The molecule has 206 valence electrons. The number of carbonyl (C=O) groups is 2. The molecule has 2 amide bonds. The van der Waals surface area contributed by atoms with Crippen LogP contribution in [-0.4, -0.2) is 32.3 Å². The van der Waals surface area contributed by atoms with Gasteiger partial charge in [-0.05, 0) is 60.5 Å². The Kier molecular flexibility index (Phi) is 9.92. The number of halogens is 2. The summed E-state index contributed by atoms with van der Waals surface area (Å²) in [5, 5.41) is 24.1. The van der Waals surface area contributed by atoms with Gasteiger partial charge in [0.2, 0.25) is 5.91 Å². The molecule has 40 heavy (non-hydrogen) atoms. The van der Waals surface area contributed by atoms with E-state index in [-0.39, 0.29) is 28.5 Å². The van der Waals surface area contributed by atoms with Crippen molar-refractivity contribution in [3.05, 3.63) is 94.2 Å². The van der Waals surface area contributed by atoms with Gasteiger partial charge >= 0.3 is 0 Å². The third-order valence-electron chi connectivity index (χ3n) is 5.80. The van der Waals surface area contributed by atoms with E-state index in [0.29, 0.717) is 32.9 Å². The number of nitrogens with one attached hydrogen (secondary N) is 2. The van der Waals surface area contributed by atoms with Crippen LogP contribution in [0.2, 0.25) is 10.0 Å². The van der Waals surface area contributed by atoms with Gasteiger partial charge in [0.15, 0.2) is 11.0 Å². The predicted molar refractivity (Wildman–Crippen MR) is 159 cm³/mol. The molecular weight excluding hydrogens is 569 g/mol. The van der Waals surface area contributed by atoms with Gasteiger partial charge in [0, 0.05) is 17.8 Å². The van der Waals surface area contributed by atoms with E-state index in [1.54, 1.807) is 48.0 Å². The lowest BCUT2D eigenvalue weighted by Gasteiger charge is -2.22. The third-order valence-corrected chi connectivity index (χ3v) is 7.36. The molecule has 1 atom stereocenters. The van der Waals surface area contributed by atoms with Gasteiger partial charge in [-0.25, -0.2) is 0 Å². The maximum atomic E-state index is 12.9. The first-order valence-corrected chi connectivity index (χ1v) is 14.1. The lowest BCUT2D eigenvalue weighted by molar-refractivity contribution is -0.113. The van der Waals surface area contributed by atoms with Crippen molar-refractivity contribution in [1.82, 2.24) is 20.1 Å². The molecule has 0 radical (unpaired) electrons. The smallest absolute Gasteiger partial charge is 0.253 e. The number of amides is 2. The molecule has 1 aromatic heterocycles. The summed E-state index contributed by atoms with van der Waals surface area (Å²) in [6, 6.07) is 20.8. The minimum Gasteiger partial charge on any atom is -0.342 e. The predicted octanol–water partition coefficient (Wildman–Crippen LogP) is 7.40. The number of thioether (sulfide) groups is 1. The van der Waals surface area contributed by atoms with Crippen molar-refractivity contribution in [3.63, 3.8) is 0 Å². The number of nitrogens with zero attached hydrogens (tertiary/aromatic N) is 5. The van der Waals surface area contributed by atoms with Crippen LogP contribution in [0.3, 0.4) is 0 Å². The van der Waals surface area contributed by atoms with Crippen molar-refractivity contribution < 1.29 is 9.59 Å². The molecule has 0 fully saturated rings. The van der Waals surface area contributed by atoms with E-state index in [0.717, 1.165) is 5.69 Å². The zero-order valence-corrected chi connectivity index (χ0v) is 24.3. The first-order valence-electron chi connectivity index (χ1n) is 12.4. The molecule has 0 aliphatic carbocycles. The second kappa shape index (κ2) is 13.6. The molecule has 0 aliphatic rings. The molecule has 4 rings (SSSR count). The Morgan fingerprint density at radius 3 is 2.27 bits per heavy atom. The lowest BCUT2D eigenvalue weighted by Crippen LogP contribution is -2.33. The van der Waals surface area contributed by atoms with Crippen molar-refractivity contribution in [2.45, 2.75) is 25.0 Å². The van der Waals surface area contributed by atoms with Gasteiger partial charge in [0.05, 0.1) is 33.8 Å². The molecule has 4 aromatic rings. The Bertz CT molecular complexity index is 1510. The summed E-state index contributed by atoms with van der Waals surface area (Å²) in [6.45, 7) is 3.94. The van der Waals surface area contributed by atoms with Gasteiger partial charge in [-0.3, -0.25) is 9.59 Å². The monoisotopic (exact) mass is 595 g/mol. The molecule has 2 N–H and O–H groups in total. The largest absolute Gasteiger partial charge is 0.342 e. The second-order valence-electron chi connectivity index (χ2n) is 9.14. The van der Waals surface area contributed by atoms with Gasteiger partial charge in [-0.1, -0.05) is 67.0 Å². The molecule has 0 spiro atoms. The number of hydrogen-bond donors (Lipinski definition) is 2. The number of aromatic nitrogens is 3. The molecule has 0 aliphatic heterocycles. The fraction of sp³-hybridized carbons (Fsp3) is 0.214. The normalized spacial score (nSPS) is 12.1. The highest BCUT2D eigenvalue weighted by Crippen LogP contribution is 2.27. The van der Waals surface area contributed by atoms with Crippen LogP contribution in [0, 0.1) is 5.92 Å². The van der Waals surface area contributed by atoms with E-state index in [1.165, 1.54) is 17.8 Å². The number of azo groups is 1. The van der Waals surface area contributed by atoms with E-state index in [4.69, 9.17) is 23.2 Å². The van der Waals surface area contributed by atoms with Crippen LogP contribution < -0.4 is 10.6 Å². The first kappa shape index (κ1) is 29.3. The van der Waals surface area contributed by atoms with Crippen molar-refractivity contribution in [3.8, 4) is 0 Å². The van der Waals surface area contributed by atoms with Crippen LogP contribution in [0.15, 0.2) is 88.2 Å². The Morgan fingerprint density at radius 2 is 1.62 bits per heavy atom. The summed E-state index contributed by atoms with van der Waals surface area (Å²) in [5.41, 5.74) is 2.40. The summed E-state index contributed by atoms with van der Waals surface area (Å²) in [7, 11) is 1.80. The van der Waals surface area contributed by atoms with Crippen LogP contribution in [0.5, 0.6) is 0 Å². The molecule has 3 aromatic carbocycles. The van der Waals surface area contributed by atoms with E-state index >= 15 is 0 Å². The number of anilines is 1. The summed E-state index contributed by atoms with van der Waals surface area (Å²) in [5.74, 6) is 0.162. The van der Waals surface area contributed by atoms with Crippen LogP contribution in [-0.2, 0) is 11.8 Å². The third kappa shape index (κ3) is 7.68. The van der Waals surface area contributed by atoms with E-state index in [2.05, 4.69) is 31.1 Å². The van der Waals surface area contributed by atoms with Gasteiger partial charge in [0.25, 0.3) is 5.91 Å². The second-order valence-corrected chi connectivity index (χ2v) is 10.9. The summed E-state index contributed by atoms with van der Waals surface area (Å²) >= 11 is 13.4. The highest BCUT2D eigenvalue weighted by molar-refractivity contribution is 7.99. The standard InChI is InChI=1S/C28H27Cl2N7O2S/c1-17(2)25(32-27(39)22-14-9-18(29)15-23(22)30)26-35-36-28(37(26)3)40-16-24(38)31-19-10-12-21(13-11-19)34-33-20-7-5-4-6-8-20/h4-15,17,25H,16H2,1-3H3,(H,31,38)(H,32,39)/t25-/m1/s1. The molecule has 9 nitrogen and oxygen atoms in total. The Hall–Kier alpha value is -3.73. The van der Waals surface area contributed by atoms with Crippen molar-refractivity contribution in [2.75, 3.05) is 11.1 Å². The van der Waals surface area contributed by atoms with Crippen molar-refractivity contribution in [2.24, 2.45) is 23.2 Å². The average molecular weight is 597 g/mol. The van der Waals surface area contributed by atoms with Crippen molar-refractivity contribution in [1.29, 1.82) is 0 Å². The van der Waals surface area contributed by atoms with Crippen LogP contribution >= 0.6 is 35.0 Å². The maximum absolute atomic E-state index is 12.9. The molecule has 0 unspecified atom stereocenters. The van der Waals surface area contributed by atoms with Crippen molar-refractivity contribution >= 4 is 63.8 Å². The topological polar surface area (TPSA) is 114 Å². The van der Waals surface area contributed by atoms with Gasteiger partial charge in [-0.15, -0.1) is 10.2 Å². The van der Waals surface area contributed by atoms with Gasteiger partial charge in [-0.2, -0.15) is 10.2 Å². The molecule has 1 heterocycles. The lowest BCUT2D eigenvalue weighted by atomic mass is 10.0. The Labute approximate surface area is 246 Å². The van der Waals surface area contributed by atoms with Crippen LogP contribution in [0.25, 0.3) is 0 Å². The van der Waals surface area contributed by atoms with E-state index in [1.807, 2.05) is 44.2 Å². The van der Waals surface area contributed by atoms with Gasteiger partial charge < -0.3 is 15.2 Å². The number of benzene rings is 3. The SMILES string of the molecule is CC(C)[C@@H](NC(=O)c1ccc(Cl)cc1Cl)c1nnc(SCC(=O)Nc2ccc(N=Nc3ccccc3)cc2)n1C.